The Kier molecular flexibility index (Phi) is 3.36. The molecule has 0 aromatic heterocycles. The lowest BCUT2D eigenvalue weighted by Crippen LogP contribution is -2.25. The maximum Gasteiger partial charge on any atom is 0.127 e. The molecule has 1 heterocycles. The summed E-state index contributed by atoms with van der Waals surface area (Å²) in [6.45, 7) is 4.87. The summed E-state index contributed by atoms with van der Waals surface area (Å²) < 4.78 is 5.63. The SMILES string of the molecule is Cc1cccc([C@@H](C)NC2COc3cc(O)ccc32)c1. The lowest BCUT2D eigenvalue weighted by molar-refractivity contribution is 0.300. The molecule has 3 nitrogen and oxygen atoms in total. The number of nitrogens with one attached hydrogen (secondary N) is 1. The van der Waals surface area contributed by atoms with Gasteiger partial charge in [0.1, 0.15) is 18.1 Å². The average Bonchev–Trinajstić information content (AvgIpc) is 2.81. The van der Waals surface area contributed by atoms with Crippen LogP contribution in [0.4, 0.5) is 0 Å². The second-order valence-electron chi connectivity index (χ2n) is 5.39. The van der Waals surface area contributed by atoms with E-state index in [4.69, 9.17) is 4.74 Å². The van der Waals surface area contributed by atoms with Crippen molar-refractivity contribution in [2.45, 2.75) is 25.9 Å². The molecule has 0 saturated heterocycles. The zero-order valence-electron chi connectivity index (χ0n) is 11.8. The number of fused-ring (bicyclic) bond motifs is 1. The fourth-order valence-corrected chi connectivity index (χ4v) is 2.67. The Hall–Kier alpha value is -2.00. The number of hydrogen-bond acceptors (Lipinski definition) is 3. The van der Waals surface area contributed by atoms with Crippen LogP contribution in [0.2, 0.25) is 0 Å². The molecule has 0 fully saturated rings. The van der Waals surface area contributed by atoms with E-state index in [1.165, 1.54) is 11.1 Å². The summed E-state index contributed by atoms with van der Waals surface area (Å²) in [4.78, 5) is 0. The molecule has 0 radical (unpaired) electrons. The van der Waals surface area contributed by atoms with Crippen molar-refractivity contribution in [2.24, 2.45) is 0 Å². The van der Waals surface area contributed by atoms with Crippen molar-refractivity contribution in [1.82, 2.24) is 5.32 Å². The molecule has 1 aliphatic rings. The van der Waals surface area contributed by atoms with Gasteiger partial charge >= 0.3 is 0 Å². The minimum atomic E-state index is 0.168. The molecule has 20 heavy (non-hydrogen) atoms. The highest BCUT2D eigenvalue weighted by Crippen LogP contribution is 2.36. The zero-order valence-corrected chi connectivity index (χ0v) is 11.8. The first-order valence-electron chi connectivity index (χ1n) is 6.92. The standard InChI is InChI=1S/C17H19NO2/c1-11-4-3-5-13(8-11)12(2)18-16-10-20-17-9-14(19)6-7-15(16)17/h3-9,12,16,18-19H,10H2,1-2H3/t12-,16?/m1/s1. The predicted octanol–water partition coefficient (Wildman–Crippen LogP) is 3.48. The van der Waals surface area contributed by atoms with Crippen molar-refractivity contribution in [3.05, 3.63) is 59.2 Å². The zero-order chi connectivity index (χ0) is 14.1. The molecule has 0 aliphatic carbocycles. The summed E-state index contributed by atoms with van der Waals surface area (Å²) in [7, 11) is 0. The molecule has 3 heteroatoms. The largest absolute Gasteiger partial charge is 0.508 e. The lowest BCUT2D eigenvalue weighted by atomic mass is 10.0. The van der Waals surface area contributed by atoms with Gasteiger partial charge in [-0.1, -0.05) is 29.8 Å². The molecule has 2 aromatic rings. The fourth-order valence-electron chi connectivity index (χ4n) is 2.67. The molecular formula is C17H19NO2. The van der Waals surface area contributed by atoms with Gasteiger partial charge in [0.15, 0.2) is 0 Å². The van der Waals surface area contributed by atoms with Gasteiger partial charge in [-0.3, -0.25) is 0 Å². The third-order valence-electron chi connectivity index (χ3n) is 3.77. The highest BCUT2D eigenvalue weighted by Gasteiger charge is 2.25. The van der Waals surface area contributed by atoms with E-state index < -0.39 is 0 Å². The number of benzene rings is 2. The van der Waals surface area contributed by atoms with E-state index in [2.05, 4.69) is 43.4 Å². The van der Waals surface area contributed by atoms with E-state index in [1.807, 2.05) is 6.07 Å². The number of phenols is 1. The Balaban J connectivity index is 1.77. The molecule has 1 aliphatic heterocycles. The molecule has 2 atom stereocenters. The van der Waals surface area contributed by atoms with Gasteiger partial charge < -0.3 is 15.2 Å². The summed E-state index contributed by atoms with van der Waals surface area (Å²) in [5, 5.41) is 13.1. The van der Waals surface area contributed by atoms with Crippen LogP contribution in [0.3, 0.4) is 0 Å². The second kappa shape index (κ2) is 5.17. The van der Waals surface area contributed by atoms with Crippen LogP contribution in [0.15, 0.2) is 42.5 Å². The first-order valence-corrected chi connectivity index (χ1v) is 6.92. The van der Waals surface area contributed by atoms with Crippen LogP contribution in [0.25, 0.3) is 0 Å². The summed E-state index contributed by atoms with van der Waals surface area (Å²) >= 11 is 0. The van der Waals surface area contributed by atoms with Gasteiger partial charge in [-0.15, -0.1) is 0 Å². The molecule has 1 unspecified atom stereocenters. The van der Waals surface area contributed by atoms with Crippen molar-refractivity contribution in [1.29, 1.82) is 0 Å². The lowest BCUT2D eigenvalue weighted by Gasteiger charge is -2.19. The molecule has 3 rings (SSSR count). The van der Waals surface area contributed by atoms with Crippen molar-refractivity contribution in [2.75, 3.05) is 6.61 Å². The predicted molar refractivity (Wildman–Crippen MR) is 79.1 cm³/mol. The van der Waals surface area contributed by atoms with E-state index in [0.29, 0.717) is 6.61 Å². The fraction of sp³-hybridized carbons (Fsp3) is 0.294. The highest BCUT2D eigenvalue weighted by molar-refractivity contribution is 5.44. The van der Waals surface area contributed by atoms with Gasteiger partial charge in [0.25, 0.3) is 0 Å². The molecular weight excluding hydrogens is 250 g/mol. The Bertz CT molecular complexity index is 624. The van der Waals surface area contributed by atoms with Crippen LogP contribution in [0.5, 0.6) is 11.5 Å². The van der Waals surface area contributed by atoms with Gasteiger partial charge in [0.2, 0.25) is 0 Å². The molecule has 0 saturated carbocycles. The van der Waals surface area contributed by atoms with Gasteiger partial charge in [-0.25, -0.2) is 0 Å². The van der Waals surface area contributed by atoms with Crippen molar-refractivity contribution in [3.8, 4) is 11.5 Å². The second-order valence-corrected chi connectivity index (χ2v) is 5.39. The highest BCUT2D eigenvalue weighted by atomic mass is 16.5. The van der Waals surface area contributed by atoms with Crippen LogP contribution >= 0.6 is 0 Å². The summed E-state index contributed by atoms with van der Waals surface area (Å²) in [6, 6.07) is 14.3. The van der Waals surface area contributed by atoms with E-state index in [0.717, 1.165) is 11.3 Å². The van der Waals surface area contributed by atoms with Gasteiger partial charge in [-0.2, -0.15) is 0 Å². The minimum Gasteiger partial charge on any atom is -0.508 e. The summed E-state index contributed by atoms with van der Waals surface area (Å²) in [6.07, 6.45) is 0. The smallest absolute Gasteiger partial charge is 0.127 e. The Morgan fingerprint density at radius 1 is 1.25 bits per heavy atom. The van der Waals surface area contributed by atoms with Crippen molar-refractivity contribution < 1.29 is 9.84 Å². The quantitative estimate of drug-likeness (QED) is 0.896. The Morgan fingerprint density at radius 3 is 2.90 bits per heavy atom. The number of ether oxygens (including phenoxy) is 1. The molecule has 0 spiro atoms. The first-order chi connectivity index (χ1) is 9.63. The Labute approximate surface area is 119 Å². The van der Waals surface area contributed by atoms with Crippen molar-refractivity contribution >= 4 is 0 Å². The van der Waals surface area contributed by atoms with Crippen LogP contribution in [-0.4, -0.2) is 11.7 Å². The third-order valence-corrected chi connectivity index (χ3v) is 3.77. The topological polar surface area (TPSA) is 41.5 Å². The van der Waals surface area contributed by atoms with E-state index >= 15 is 0 Å². The number of phenolic OH excluding ortho intramolecular Hbond substituents is 1. The molecule has 0 amide bonds. The van der Waals surface area contributed by atoms with Crippen LogP contribution in [-0.2, 0) is 0 Å². The molecule has 104 valence electrons. The van der Waals surface area contributed by atoms with Crippen LogP contribution in [0, 0.1) is 6.92 Å². The molecule has 0 bridgehead atoms. The van der Waals surface area contributed by atoms with E-state index in [-0.39, 0.29) is 17.8 Å². The summed E-state index contributed by atoms with van der Waals surface area (Å²) in [5.41, 5.74) is 3.66. The summed E-state index contributed by atoms with van der Waals surface area (Å²) in [5.74, 6) is 1.02. The number of hydrogen-bond donors (Lipinski definition) is 2. The third kappa shape index (κ3) is 2.49. The number of aromatic hydroxyl groups is 1. The van der Waals surface area contributed by atoms with Crippen LogP contribution < -0.4 is 10.1 Å². The van der Waals surface area contributed by atoms with Gasteiger partial charge in [0.05, 0.1) is 6.04 Å². The number of rotatable bonds is 3. The number of aryl methyl sites for hydroxylation is 1. The van der Waals surface area contributed by atoms with E-state index in [1.54, 1.807) is 12.1 Å². The normalized spacial score (nSPS) is 18.4. The minimum absolute atomic E-state index is 0.168. The maximum absolute atomic E-state index is 9.47. The van der Waals surface area contributed by atoms with Gasteiger partial charge in [-0.05, 0) is 31.5 Å². The maximum atomic E-state index is 9.47. The Morgan fingerprint density at radius 2 is 2.10 bits per heavy atom. The molecule has 2 aromatic carbocycles. The van der Waals surface area contributed by atoms with Crippen molar-refractivity contribution in [3.63, 3.8) is 0 Å². The monoisotopic (exact) mass is 269 g/mol. The van der Waals surface area contributed by atoms with Gasteiger partial charge in [0, 0.05) is 17.7 Å². The average molecular weight is 269 g/mol. The van der Waals surface area contributed by atoms with Crippen LogP contribution in [0.1, 0.15) is 35.7 Å². The first kappa shape index (κ1) is 13.0. The van der Waals surface area contributed by atoms with E-state index in [9.17, 15) is 5.11 Å². The molecule has 2 N–H and O–H groups in total.